The van der Waals surface area contributed by atoms with Gasteiger partial charge in [0.05, 0.1) is 0 Å². The first-order chi connectivity index (χ1) is 28.0. The third-order valence-corrected chi connectivity index (χ3v) is 9.10. The second kappa shape index (κ2) is 30.9. The molecule has 19 nitrogen and oxygen atoms in total. The van der Waals surface area contributed by atoms with Crippen LogP contribution in [0.15, 0.2) is 0 Å². The summed E-state index contributed by atoms with van der Waals surface area (Å²) in [6.07, 6.45) is -8.65. The Bertz CT molecular complexity index is 908. The van der Waals surface area contributed by atoms with E-state index in [4.69, 9.17) is 85.3 Å². The minimum Gasteiger partial charge on any atom is -0.356 e. The van der Waals surface area contributed by atoms with E-state index in [9.17, 15) is 4.79 Å². The second-order valence-corrected chi connectivity index (χ2v) is 14.4. The van der Waals surface area contributed by atoms with Gasteiger partial charge in [0.1, 0.15) is 5.78 Å². The van der Waals surface area contributed by atoms with E-state index in [-0.39, 0.29) is 31.5 Å². The lowest BCUT2D eigenvalue weighted by molar-refractivity contribution is -0.483. The number of rotatable bonds is 38. The van der Waals surface area contributed by atoms with Crippen molar-refractivity contribution in [1.29, 1.82) is 0 Å². The van der Waals surface area contributed by atoms with Crippen LogP contribution >= 0.6 is 0 Å². The highest BCUT2D eigenvalue weighted by Crippen LogP contribution is 2.34. The smallest absolute Gasteiger partial charge is 0.289 e. The van der Waals surface area contributed by atoms with Gasteiger partial charge in [0.2, 0.25) is 0 Å². The fraction of sp³-hybridized carbons (Fsp3) is 0.976. The van der Waals surface area contributed by atoms with Crippen LogP contribution in [-0.4, -0.2) is 136 Å². The standard InChI is InChI=1S/C41H82O19/c1-25(21-23-40(55-33(9)49-27(3)43-15,56-34(10)50-28(4)44-16)57-35(11)51-29(5)45-17)39(42)26(2)22-24-41(58-36(12)52-30(6)46-18,59-37(13)53-31(7)47-19)60-38(14)54-32(8)48-20/h25-38H,21-24H2,1-20H3. The molecule has 0 aliphatic rings. The molecule has 0 rings (SSSR count). The number of ether oxygens (including phenoxy) is 18. The van der Waals surface area contributed by atoms with E-state index in [2.05, 4.69) is 0 Å². The number of hydrogen-bond acceptors (Lipinski definition) is 19. The molecule has 0 aromatic heterocycles. The monoisotopic (exact) mass is 879 g/mol. The average molecular weight is 879 g/mol. The van der Waals surface area contributed by atoms with Crippen molar-refractivity contribution in [1.82, 2.24) is 0 Å². The van der Waals surface area contributed by atoms with Gasteiger partial charge in [0, 0.05) is 67.3 Å². The number of carbonyl (C=O) groups is 1. The predicted molar refractivity (Wildman–Crippen MR) is 216 cm³/mol. The number of carbonyl (C=O) groups excluding carboxylic acids is 1. The molecule has 14 unspecified atom stereocenters. The van der Waals surface area contributed by atoms with E-state index < -0.39 is 99.3 Å². The molecule has 0 aromatic carbocycles. The third kappa shape index (κ3) is 24.7. The molecule has 0 saturated heterocycles. The Morgan fingerprint density at radius 1 is 0.317 bits per heavy atom. The van der Waals surface area contributed by atoms with Gasteiger partial charge in [-0.25, -0.2) is 0 Å². The highest BCUT2D eigenvalue weighted by Gasteiger charge is 2.44. The Morgan fingerprint density at radius 2 is 0.483 bits per heavy atom. The summed E-state index contributed by atoms with van der Waals surface area (Å²) in [6.45, 7) is 24.0. The van der Waals surface area contributed by atoms with Crippen LogP contribution in [0.3, 0.4) is 0 Å². The summed E-state index contributed by atoms with van der Waals surface area (Å²) < 4.78 is 105. The van der Waals surface area contributed by atoms with Crippen LogP contribution in [0.1, 0.15) is 123 Å². The molecule has 0 amide bonds. The van der Waals surface area contributed by atoms with Crippen molar-refractivity contribution in [3.05, 3.63) is 0 Å². The molecule has 60 heavy (non-hydrogen) atoms. The van der Waals surface area contributed by atoms with Gasteiger partial charge in [-0.3, -0.25) is 33.2 Å². The molecule has 0 aliphatic heterocycles. The Labute approximate surface area is 360 Å². The summed E-state index contributed by atoms with van der Waals surface area (Å²) in [5, 5.41) is 0. The van der Waals surface area contributed by atoms with Crippen LogP contribution in [0, 0.1) is 11.8 Å². The molecule has 14 atom stereocenters. The van der Waals surface area contributed by atoms with E-state index in [1.165, 1.54) is 42.7 Å². The molecule has 0 N–H and O–H groups in total. The van der Waals surface area contributed by atoms with Crippen molar-refractivity contribution < 1.29 is 90.1 Å². The predicted octanol–water partition coefficient (Wildman–Crippen LogP) is 6.93. The fourth-order valence-corrected chi connectivity index (χ4v) is 5.71. The summed E-state index contributed by atoms with van der Waals surface area (Å²) in [6, 6.07) is 0. The van der Waals surface area contributed by atoms with Gasteiger partial charge in [0.15, 0.2) is 75.5 Å². The quantitative estimate of drug-likeness (QED) is 0.0582. The molecular formula is C41H82O19. The van der Waals surface area contributed by atoms with Crippen molar-refractivity contribution in [2.45, 2.75) is 210 Å². The highest BCUT2D eigenvalue weighted by atomic mass is 17.0. The Hall–Kier alpha value is -1.05. The zero-order chi connectivity index (χ0) is 46.2. The minimum atomic E-state index is -1.85. The van der Waals surface area contributed by atoms with Gasteiger partial charge in [-0.2, -0.15) is 0 Å². The number of hydrogen-bond donors (Lipinski definition) is 0. The first kappa shape index (κ1) is 58.9. The number of ketones is 1. The van der Waals surface area contributed by atoms with Gasteiger partial charge < -0.3 is 56.8 Å². The van der Waals surface area contributed by atoms with Crippen molar-refractivity contribution in [2.24, 2.45) is 11.8 Å². The Kier molecular flexibility index (Phi) is 30.4. The van der Waals surface area contributed by atoms with E-state index in [1.54, 1.807) is 83.1 Å². The van der Waals surface area contributed by atoms with Crippen LogP contribution in [0.25, 0.3) is 0 Å². The minimum absolute atomic E-state index is 0.0384. The first-order valence-electron chi connectivity index (χ1n) is 20.7. The van der Waals surface area contributed by atoms with Crippen LogP contribution in [0.4, 0.5) is 0 Å². The van der Waals surface area contributed by atoms with Crippen molar-refractivity contribution >= 4 is 5.78 Å². The lowest BCUT2D eigenvalue weighted by atomic mass is 9.88. The second-order valence-electron chi connectivity index (χ2n) is 14.4. The molecule has 0 aliphatic carbocycles. The maximum Gasteiger partial charge on any atom is 0.289 e. The summed E-state index contributed by atoms with van der Waals surface area (Å²) in [5.74, 6) is -4.85. The van der Waals surface area contributed by atoms with Gasteiger partial charge in [-0.1, -0.05) is 13.8 Å². The summed E-state index contributed by atoms with van der Waals surface area (Å²) in [5.41, 5.74) is 0. The molecule has 0 bridgehead atoms. The van der Waals surface area contributed by atoms with Gasteiger partial charge >= 0.3 is 0 Å². The topological polar surface area (TPSA) is 183 Å². The van der Waals surface area contributed by atoms with Crippen LogP contribution < -0.4 is 0 Å². The number of methoxy groups -OCH3 is 6. The van der Waals surface area contributed by atoms with Gasteiger partial charge in [0.25, 0.3) is 11.9 Å². The molecule has 19 heteroatoms. The van der Waals surface area contributed by atoms with E-state index in [1.807, 2.05) is 13.8 Å². The molecule has 0 heterocycles. The summed E-state index contributed by atoms with van der Waals surface area (Å²) in [7, 11) is 9.04. The van der Waals surface area contributed by atoms with Crippen LogP contribution in [0.5, 0.6) is 0 Å². The largest absolute Gasteiger partial charge is 0.356 e. The van der Waals surface area contributed by atoms with E-state index in [0.29, 0.717) is 0 Å². The molecule has 0 radical (unpaired) electrons. The third-order valence-electron chi connectivity index (χ3n) is 9.10. The molecule has 360 valence electrons. The van der Waals surface area contributed by atoms with Crippen molar-refractivity contribution in [3.63, 3.8) is 0 Å². The normalized spacial score (nSPS) is 21.5. The van der Waals surface area contributed by atoms with Crippen molar-refractivity contribution in [2.75, 3.05) is 42.7 Å². The molecule has 0 saturated carbocycles. The Morgan fingerprint density at radius 3 is 0.633 bits per heavy atom. The zero-order valence-corrected chi connectivity index (χ0v) is 40.2. The highest BCUT2D eigenvalue weighted by molar-refractivity contribution is 5.82. The number of Topliss-reactive ketones (excluding diaryl/α,β-unsaturated/α-hetero) is 1. The molecule has 0 spiro atoms. The van der Waals surface area contributed by atoms with Crippen LogP contribution in [0.2, 0.25) is 0 Å². The van der Waals surface area contributed by atoms with Crippen LogP contribution in [-0.2, 0) is 90.1 Å². The summed E-state index contributed by atoms with van der Waals surface area (Å²) in [4.78, 5) is 14.2. The summed E-state index contributed by atoms with van der Waals surface area (Å²) >= 11 is 0. The zero-order valence-electron chi connectivity index (χ0n) is 40.2. The molecule has 0 fully saturated rings. The van der Waals surface area contributed by atoms with E-state index >= 15 is 0 Å². The molecular weight excluding hydrogens is 796 g/mol. The maximum absolute atomic E-state index is 14.2. The lowest BCUT2D eigenvalue weighted by Gasteiger charge is -2.40. The first-order valence-corrected chi connectivity index (χ1v) is 20.7. The SMILES string of the molecule is COC(C)OC(C)OC(CCC(C)C(=O)C(C)CCC(OC(C)OC(C)OC)(OC(C)OC(C)OC)OC(C)OC(C)OC)(OC(C)OC(C)OC)OC(C)OC(C)OC. The average Bonchev–Trinajstić information content (AvgIpc) is 3.17. The maximum atomic E-state index is 14.2. The van der Waals surface area contributed by atoms with Gasteiger partial charge in [-0.05, 0) is 95.9 Å². The van der Waals surface area contributed by atoms with Crippen molar-refractivity contribution in [3.8, 4) is 0 Å². The fourth-order valence-electron chi connectivity index (χ4n) is 5.71. The van der Waals surface area contributed by atoms with E-state index in [0.717, 1.165) is 0 Å². The molecule has 0 aromatic rings. The Balaban J connectivity index is 6.71. The van der Waals surface area contributed by atoms with Gasteiger partial charge in [-0.15, -0.1) is 0 Å². The lowest BCUT2D eigenvalue weighted by Crippen LogP contribution is -2.49.